The molecule has 0 radical (unpaired) electrons. The molecule has 15 heavy (non-hydrogen) atoms. The average molecular weight is 216 g/mol. The molecule has 1 aromatic carbocycles. The van der Waals surface area contributed by atoms with Crippen molar-refractivity contribution in [1.29, 1.82) is 0 Å². The first-order valence-corrected chi connectivity index (χ1v) is 5.38. The van der Waals surface area contributed by atoms with Gasteiger partial charge in [0, 0.05) is 5.56 Å². The third-order valence-electron chi connectivity index (χ3n) is 2.19. The van der Waals surface area contributed by atoms with Crippen molar-refractivity contribution < 1.29 is 0 Å². The van der Waals surface area contributed by atoms with Crippen LogP contribution >= 0.6 is 11.3 Å². The molecule has 0 aliphatic heterocycles. The van der Waals surface area contributed by atoms with Crippen molar-refractivity contribution in [3.63, 3.8) is 0 Å². The van der Waals surface area contributed by atoms with E-state index in [9.17, 15) is 0 Å². The van der Waals surface area contributed by atoms with Crippen LogP contribution < -0.4 is 0 Å². The Hall–Kier alpha value is -1.75. The van der Waals surface area contributed by atoms with Gasteiger partial charge in [-0.05, 0) is 6.92 Å². The number of aromatic nitrogens is 4. The lowest BCUT2D eigenvalue weighted by molar-refractivity contribution is 0.960. The Morgan fingerprint density at radius 1 is 1.20 bits per heavy atom. The summed E-state index contributed by atoms with van der Waals surface area (Å²) in [6.45, 7) is 2.07. The van der Waals surface area contributed by atoms with Crippen LogP contribution in [0.1, 0.15) is 5.56 Å². The predicted octanol–water partition coefficient (Wildman–Crippen LogP) is 2.16. The van der Waals surface area contributed by atoms with Gasteiger partial charge in [-0.1, -0.05) is 41.2 Å². The first-order chi connectivity index (χ1) is 7.33. The molecule has 4 nitrogen and oxygen atoms in total. The molecule has 3 aromatic rings. The molecule has 0 saturated heterocycles. The molecule has 0 unspecified atom stereocenters. The van der Waals surface area contributed by atoms with Gasteiger partial charge >= 0.3 is 0 Å². The zero-order valence-electron chi connectivity index (χ0n) is 8.08. The van der Waals surface area contributed by atoms with Crippen molar-refractivity contribution in [3.8, 4) is 10.6 Å². The largest absolute Gasteiger partial charge is 0.234 e. The summed E-state index contributed by atoms with van der Waals surface area (Å²) >= 11 is 1.54. The van der Waals surface area contributed by atoms with E-state index in [0.717, 1.165) is 15.5 Å². The summed E-state index contributed by atoms with van der Waals surface area (Å²) in [6, 6.07) is 8.30. The molecule has 5 heteroatoms. The van der Waals surface area contributed by atoms with Crippen molar-refractivity contribution >= 4 is 16.3 Å². The molecule has 0 saturated carbocycles. The topological polar surface area (TPSA) is 43.1 Å². The summed E-state index contributed by atoms with van der Waals surface area (Å²) in [6.07, 6.45) is 1.61. The summed E-state index contributed by atoms with van der Waals surface area (Å²) in [5.74, 6) is 0. The van der Waals surface area contributed by atoms with E-state index in [1.807, 2.05) is 0 Å². The van der Waals surface area contributed by atoms with Gasteiger partial charge in [0.2, 0.25) is 4.96 Å². The highest BCUT2D eigenvalue weighted by atomic mass is 32.1. The van der Waals surface area contributed by atoms with Gasteiger partial charge in [-0.3, -0.25) is 0 Å². The van der Waals surface area contributed by atoms with E-state index in [2.05, 4.69) is 46.5 Å². The van der Waals surface area contributed by atoms with Crippen molar-refractivity contribution in [3.05, 3.63) is 36.2 Å². The van der Waals surface area contributed by atoms with Crippen molar-refractivity contribution in [1.82, 2.24) is 19.8 Å². The number of fused-ring (bicyclic) bond motifs is 1. The van der Waals surface area contributed by atoms with Crippen LogP contribution in [0.2, 0.25) is 0 Å². The first kappa shape index (κ1) is 8.55. The number of benzene rings is 1. The Bertz CT molecular complexity index is 565. The predicted molar refractivity (Wildman–Crippen MR) is 58.8 cm³/mol. The van der Waals surface area contributed by atoms with E-state index in [4.69, 9.17) is 0 Å². The molecule has 0 aliphatic rings. The van der Waals surface area contributed by atoms with Gasteiger partial charge < -0.3 is 0 Å². The number of hydrogen-bond acceptors (Lipinski definition) is 4. The minimum Gasteiger partial charge on any atom is -0.190 e. The maximum Gasteiger partial charge on any atom is 0.234 e. The molecule has 3 rings (SSSR count). The maximum absolute atomic E-state index is 4.38. The number of rotatable bonds is 1. The normalized spacial score (nSPS) is 11.0. The molecule has 0 spiro atoms. The van der Waals surface area contributed by atoms with Crippen LogP contribution in [0.3, 0.4) is 0 Å². The fourth-order valence-electron chi connectivity index (χ4n) is 1.37. The van der Waals surface area contributed by atoms with Crippen molar-refractivity contribution in [2.24, 2.45) is 0 Å². The zero-order chi connectivity index (χ0) is 10.3. The number of hydrogen-bond donors (Lipinski definition) is 0. The van der Waals surface area contributed by atoms with Crippen LogP contribution in [-0.4, -0.2) is 19.8 Å². The highest BCUT2D eigenvalue weighted by Gasteiger charge is 2.06. The molecule has 2 aromatic heterocycles. The van der Waals surface area contributed by atoms with Crippen LogP contribution in [0.4, 0.5) is 0 Å². The number of aryl methyl sites for hydroxylation is 1. The Labute approximate surface area is 90.2 Å². The molecule has 0 amide bonds. The highest BCUT2D eigenvalue weighted by molar-refractivity contribution is 7.19. The molecule has 74 valence electrons. The van der Waals surface area contributed by atoms with Crippen LogP contribution in [0.5, 0.6) is 0 Å². The lowest BCUT2D eigenvalue weighted by Gasteiger charge is -1.95. The van der Waals surface area contributed by atoms with Crippen LogP contribution in [0.25, 0.3) is 15.5 Å². The Morgan fingerprint density at radius 2 is 2.00 bits per heavy atom. The Balaban J connectivity index is 2.13. The van der Waals surface area contributed by atoms with Crippen LogP contribution in [-0.2, 0) is 0 Å². The molecule has 0 fully saturated rings. The van der Waals surface area contributed by atoms with Gasteiger partial charge in [-0.2, -0.15) is 9.61 Å². The van der Waals surface area contributed by atoms with Crippen molar-refractivity contribution in [2.75, 3.05) is 0 Å². The average Bonchev–Trinajstić information content (AvgIpc) is 2.78. The van der Waals surface area contributed by atoms with E-state index in [-0.39, 0.29) is 0 Å². The Kier molecular flexibility index (Phi) is 1.78. The maximum atomic E-state index is 4.38. The van der Waals surface area contributed by atoms with Crippen molar-refractivity contribution in [2.45, 2.75) is 6.92 Å². The van der Waals surface area contributed by atoms with Gasteiger partial charge in [-0.15, -0.1) is 10.2 Å². The fraction of sp³-hybridized carbons (Fsp3) is 0.100. The third-order valence-corrected chi connectivity index (χ3v) is 3.15. The van der Waals surface area contributed by atoms with E-state index < -0.39 is 0 Å². The van der Waals surface area contributed by atoms with E-state index in [1.54, 1.807) is 22.2 Å². The summed E-state index contributed by atoms with van der Waals surface area (Å²) in [4.78, 5) is 0.825. The van der Waals surface area contributed by atoms with E-state index in [0.29, 0.717) is 0 Å². The summed E-state index contributed by atoms with van der Waals surface area (Å²) < 4.78 is 1.69. The number of nitrogens with zero attached hydrogens (tertiary/aromatic N) is 4. The fourth-order valence-corrected chi connectivity index (χ4v) is 2.20. The second-order valence-corrected chi connectivity index (χ2v) is 4.29. The van der Waals surface area contributed by atoms with Crippen LogP contribution in [0, 0.1) is 6.92 Å². The van der Waals surface area contributed by atoms with Gasteiger partial charge in [0.05, 0.1) is 0 Å². The molecular formula is C10H8N4S. The SMILES string of the molecule is Cc1ccc(-c2nn3cnnc3s2)cc1. The molecule has 2 heterocycles. The van der Waals surface area contributed by atoms with E-state index in [1.165, 1.54) is 5.56 Å². The summed E-state index contributed by atoms with van der Waals surface area (Å²) in [7, 11) is 0. The minimum absolute atomic E-state index is 0.825. The molecule has 0 N–H and O–H groups in total. The van der Waals surface area contributed by atoms with Crippen LogP contribution in [0.15, 0.2) is 30.6 Å². The summed E-state index contributed by atoms with van der Waals surface area (Å²) in [5, 5.41) is 13.1. The van der Waals surface area contributed by atoms with E-state index >= 15 is 0 Å². The second kappa shape index (κ2) is 3.13. The quantitative estimate of drug-likeness (QED) is 0.626. The zero-order valence-corrected chi connectivity index (χ0v) is 8.90. The van der Waals surface area contributed by atoms with Gasteiger partial charge in [0.25, 0.3) is 0 Å². The molecular weight excluding hydrogens is 208 g/mol. The lowest BCUT2D eigenvalue weighted by atomic mass is 10.2. The second-order valence-electron chi connectivity index (χ2n) is 3.33. The minimum atomic E-state index is 0.825. The molecule has 0 atom stereocenters. The molecule has 0 aliphatic carbocycles. The molecule has 0 bridgehead atoms. The van der Waals surface area contributed by atoms with Gasteiger partial charge in [0.1, 0.15) is 11.3 Å². The highest BCUT2D eigenvalue weighted by Crippen LogP contribution is 2.24. The summed E-state index contributed by atoms with van der Waals surface area (Å²) in [5.41, 5.74) is 2.37. The standard InChI is InChI=1S/C10H8N4S/c1-7-2-4-8(5-3-7)9-13-14-6-11-12-10(14)15-9/h2-6H,1H3. The monoisotopic (exact) mass is 216 g/mol. The third kappa shape index (κ3) is 1.41. The van der Waals surface area contributed by atoms with Gasteiger partial charge in [-0.25, -0.2) is 0 Å². The first-order valence-electron chi connectivity index (χ1n) is 4.57. The van der Waals surface area contributed by atoms with Gasteiger partial charge in [0.15, 0.2) is 0 Å². The lowest BCUT2D eigenvalue weighted by Crippen LogP contribution is -1.82. The Morgan fingerprint density at radius 3 is 2.73 bits per heavy atom. The smallest absolute Gasteiger partial charge is 0.190 e.